The zero-order valence-electron chi connectivity index (χ0n) is 11.1. The Morgan fingerprint density at radius 3 is 3.11 bits per heavy atom. The molecule has 0 aliphatic rings. The van der Waals surface area contributed by atoms with Crippen molar-refractivity contribution in [2.75, 3.05) is 20.3 Å². The predicted molar refractivity (Wildman–Crippen MR) is 70.1 cm³/mol. The molecule has 1 amide bonds. The summed E-state index contributed by atoms with van der Waals surface area (Å²) in [4.78, 5) is 15.6. The summed E-state index contributed by atoms with van der Waals surface area (Å²) < 4.78 is 4.85. The monoisotopic (exact) mass is 262 g/mol. The SMILES string of the molecule is COCCNC(=O)C(C)NCc1ccnc(C#N)c1. The van der Waals surface area contributed by atoms with E-state index in [1.807, 2.05) is 12.1 Å². The molecule has 1 heterocycles. The number of aromatic nitrogens is 1. The van der Waals surface area contributed by atoms with Crippen LogP contribution in [0.25, 0.3) is 0 Å². The van der Waals surface area contributed by atoms with Gasteiger partial charge in [-0.1, -0.05) is 0 Å². The Bertz CT molecular complexity index is 456. The van der Waals surface area contributed by atoms with E-state index >= 15 is 0 Å². The van der Waals surface area contributed by atoms with Crippen LogP contribution in [0.15, 0.2) is 18.3 Å². The van der Waals surface area contributed by atoms with Crippen LogP contribution < -0.4 is 10.6 Å². The van der Waals surface area contributed by atoms with Crippen LogP contribution in [0.1, 0.15) is 18.2 Å². The highest BCUT2D eigenvalue weighted by Gasteiger charge is 2.11. The third kappa shape index (κ3) is 5.46. The van der Waals surface area contributed by atoms with Gasteiger partial charge in [-0.3, -0.25) is 4.79 Å². The van der Waals surface area contributed by atoms with Crippen LogP contribution in [0.3, 0.4) is 0 Å². The summed E-state index contributed by atoms with van der Waals surface area (Å²) in [7, 11) is 1.59. The van der Waals surface area contributed by atoms with Gasteiger partial charge in [0.1, 0.15) is 11.8 Å². The van der Waals surface area contributed by atoms with E-state index in [1.165, 1.54) is 0 Å². The molecule has 1 aromatic heterocycles. The Morgan fingerprint density at radius 2 is 2.42 bits per heavy atom. The van der Waals surface area contributed by atoms with Gasteiger partial charge < -0.3 is 15.4 Å². The molecule has 0 aromatic carbocycles. The van der Waals surface area contributed by atoms with Gasteiger partial charge in [0.25, 0.3) is 0 Å². The Hall–Kier alpha value is -1.97. The van der Waals surface area contributed by atoms with Crippen molar-refractivity contribution in [3.63, 3.8) is 0 Å². The van der Waals surface area contributed by atoms with Gasteiger partial charge >= 0.3 is 0 Å². The van der Waals surface area contributed by atoms with Gasteiger partial charge in [0.15, 0.2) is 0 Å². The number of methoxy groups -OCH3 is 1. The number of hydrogen-bond donors (Lipinski definition) is 2. The molecule has 6 nitrogen and oxygen atoms in total. The molecule has 0 radical (unpaired) electrons. The van der Waals surface area contributed by atoms with Crippen molar-refractivity contribution in [1.82, 2.24) is 15.6 Å². The summed E-state index contributed by atoms with van der Waals surface area (Å²) >= 11 is 0. The quantitative estimate of drug-likeness (QED) is 0.685. The van der Waals surface area contributed by atoms with Crippen molar-refractivity contribution in [2.24, 2.45) is 0 Å². The maximum absolute atomic E-state index is 11.7. The van der Waals surface area contributed by atoms with Crippen molar-refractivity contribution in [2.45, 2.75) is 19.5 Å². The maximum Gasteiger partial charge on any atom is 0.236 e. The second-order valence-electron chi connectivity index (χ2n) is 4.05. The van der Waals surface area contributed by atoms with E-state index in [1.54, 1.807) is 26.3 Å². The van der Waals surface area contributed by atoms with Crippen LogP contribution in [0.4, 0.5) is 0 Å². The van der Waals surface area contributed by atoms with Crippen molar-refractivity contribution in [3.05, 3.63) is 29.6 Å². The Labute approximate surface area is 112 Å². The van der Waals surface area contributed by atoms with Crippen LogP contribution in [-0.4, -0.2) is 37.2 Å². The average molecular weight is 262 g/mol. The fourth-order valence-electron chi connectivity index (χ4n) is 1.44. The van der Waals surface area contributed by atoms with Gasteiger partial charge in [-0.15, -0.1) is 0 Å². The molecular formula is C13H18N4O2. The van der Waals surface area contributed by atoms with E-state index in [0.717, 1.165) is 5.56 Å². The summed E-state index contributed by atoms with van der Waals surface area (Å²) in [6.07, 6.45) is 1.58. The predicted octanol–water partition coefficient (Wildman–Crippen LogP) is 0.194. The van der Waals surface area contributed by atoms with Crippen molar-refractivity contribution in [1.29, 1.82) is 5.26 Å². The van der Waals surface area contributed by atoms with E-state index in [9.17, 15) is 4.79 Å². The highest BCUT2D eigenvalue weighted by molar-refractivity contribution is 5.81. The molecule has 1 atom stereocenters. The summed E-state index contributed by atoms with van der Waals surface area (Å²) in [5, 5.41) is 14.6. The minimum Gasteiger partial charge on any atom is -0.383 e. The second-order valence-corrected chi connectivity index (χ2v) is 4.05. The highest BCUT2D eigenvalue weighted by atomic mass is 16.5. The number of ether oxygens (including phenoxy) is 1. The number of nitriles is 1. The van der Waals surface area contributed by atoms with Crippen LogP contribution in [0.2, 0.25) is 0 Å². The van der Waals surface area contributed by atoms with Gasteiger partial charge in [0, 0.05) is 26.4 Å². The van der Waals surface area contributed by atoms with E-state index in [-0.39, 0.29) is 11.9 Å². The van der Waals surface area contributed by atoms with Crippen LogP contribution in [-0.2, 0) is 16.1 Å². The lowest BCUT2D eigenvalue weighted by Crippen LogP contribution is -2.42. The number of hydrogen-bond acceptors (Lipinski definition) is 5. The normalized spacial score (nSPS) is 11.6. The zero-order valence-corrected chi connectivity index (χ0v) is 11.1. The lowest BCUT2D eigenvalue weighted by atomic mass is 10.2. The first kappa shape index (κ1) is 15.1. The van der Waals surface area contributed by atoms with Gasteiger partial charge in [-0.2, -0.15) is 5.26 Å². The van der Waals surface area contributed by atoms with Crippen molar-refractivity contribution < 1.29 is 9.53 Å². The molecule has 102 valence electrons. The summed E-state index contributed by atoms with van der Waals surface area (Å²) in [5.41, 5.74) is 1.29. The van der Waals surface area contributed by atoms with E-state index in [4.69, 9.17) is 10.00 Å². The fourth-order valence-corrected chi connectivity index (χ4v) is 1.44. The molecule has 0 spiro atoms. The minimum absolute atomic E-state index is 0.0772. The second kappa shape index (κ2) is 8.19. The number of carbonyl (C=O) groups excluding carboxylic acids is 1. The largest absolute Gasteiger partial charge is 0.383 e. The Balaban J connectivity index is 2.38. The summed E-state index contributed by atoms with van der Waals surface area (Å²) in [6.45, 7) is 3.29. The average Bonchev–Trinajstić information content (AvgIpc) is 2.45. The number of nitrogens with one attached hydrogen (secondary N) is 2. The minimum atomic E-state index is -0.310. The van der Waals surface area contributed by atoms with Crippen molar-refractivity contribution >= 4 is 5.91 Å². The molecule has 0 saturated carbocycles. The first-order valence-corrected chi connectivity index (χ1v) is 6.02. The van der Waals surface area contributed by atoms with Crippen LogP contribution >= 0.6 is 0 Å². The van der Waals surface area contributed by atoms with Crippen LogP contribution in [0, 0.1) is 11.3 Å². The smallest absolute Gasteiger partial charge is 0.236 e. The molecule has 1 rings (SSSR count). The fraction of sp³-hybridized carbons (Fsp3) is 0.462. The Kier molecular flexibility index (Phi) is 6.50. The summed E-state index contributed by atoms with van der Waals surface area (Å²) in [5.74, 6) is -0.0772. The Morgan fingerprint density at radius 1 is 1.63 bits per heavy atom. The van der Waals surface area contributed by atoms with Gasteiger partial charge in [-0.25, -0.2) is 4.98 Å². The molecule has 6 heteroatoms. The highest BCUT2D eigenvalue weighted by Crippen LogP contribution is 2.00. The number of nitrogens with zero attached hydrogens (tertiary/aromatic N) is 2. The molecule has 0 saturated heterocycles. The molecule has 19 heavy (non-hydrogen) atoms. The standard InChI is InChI=1S/C13H18N4O2/c1-10(13(18)16-5-6-19-2)17-9-11-3-4-15-12(7-11)8-14/h3-4,7,10,17H,5-6,9H2,1-2H3,(H,16,18). The lowest BCUT2D eigenvalue weighted by molar-refractivity contribution is -0.122. The van der Waals surface area contributed by atoms with Gasteiger partial charge in [0.2, 0.25) is 5.91 Å². The lowest BCUT2D eigenvalue weighted by Gasteiger charge is -2.13. The van der Waals surface area contributed by atoms with Gasteiger partial charge in [0.05, 0.1) is 12.6 Å². The summed E-state index contributed by atoms with van der Waals surface area (Å²) in [6, 6.07) is 5.18. The zero-order chi connectivity index (χ0) is 14.1. The van der Waals surface area contributed by atoms with E-state index in [2.05, 4.69) is 15.6 Å². The molecule has 1 unspecified atom stereocenters. The molecule has 0 bridgehead atoms. The van der Waals surface area contributed by atoms with E-state index in [0.29, 0.717) is 25.4 Å². The first-order chi connectivity index (χ1) is 9.17. The number of pyridine rings is 1. The molecule has 0 aliphatic heterocycles. The number of amides is 1. The molecule has 0 aliphatic carbocycles. The maximum atomic E-state index is 11.7. The molecule has 0 fully saturated rings. The number of rotatable bonds is 7. The first-order valence-electron chi connectivity index (χ1n) is 6.02. The molecule has 2 N–H and O–H groups in total. The van der Waals surface area contributed by atoms with Crippen molar-refractivity contribution in [3.8, 4) is 6.07 Å². The third-order valence-corrected chi connectivity index (χ3v) is 2.55. The number of carbonyl (C=O) groups is 1. The molecular weight excluding hydrogens is 244 g/mol. The van der Waals surface area contributed by atoms with Gasteiger partial charge in [-0.05, 0) is 24.6 Å². The third-order valence-electron chi connectivity index (χ3n) is 2.55. The van der Waals surface area contributed by atoms with E-state index < -0.39 is 0 Å². The topological polar surface area (TPSA) is 87.0 Å². The molecule has 1 aromatic rings. The van der Waals surface area contributed by atoms with Crippen LogP contribution in [0.5, 0.6) is 0 Å².